The number of Topliss-reactive ketones (excluding diaryl/α,β-unsaturated/α-hetero) is 1. The monoisotopic (exact) mass is 369 g/mol. The Balaban J connectivity index is 1.96. The van der Waals surface area contributed by atoms with Crippen molar-refractivity contribution in [2.45, 2.75) is 26.0 Å². The van der Waals surface area contributed by atoms with Crippen LogP contribution in [0.4, 0.5) is 4.79 Å². The highest BCUT2D eigenvalue weighted by Crippen LogP contribution is 2.10. The molecule has 0 aliphatic heterocycles. The van der Waals surface area contributed by atoms with E-state index in [1.807, 2.05) is 60.7 Å². The SMILES string of the molecule is COC(=O)CC(=O)CCN(Cc1ccccc1)C(=O)OCc1ccccc1. The van der Waals surface area contributed by atoms with E-state index in [2.05, 4.69) is 4.74 Å². The van der Waals surface area contributed by atoms with Crippen LogP contribution < -0.4 is 0 Å². The zero-order chi connectivity index (χ0) is 19.5. The smallest absolute Gasteiger partial charge is 0.410 e. The van der Waals surface area contributed by atoms with Crippen LogP contribution in [0.3, 0.4) is 0 Å². The Hall–Kier alpha value is -3.15. The summed E-state index contributed by atoms with van der Waals surface area (Å²) in [4.78, 5) is 37.1. The average molecular weight is 369 g/mol. The first-order valence-electron chi connectivity index (χ1n) is 8.66. The Morgan fingerprint density at radius 1 is 0.889 bits per heavy atom. The zero-order valence-electron chi connectivity index (χ0n) is 15.3. The molecule has 0 fully saturated rings. The number of amides is 1. The third-order valence-corrected chi connectivity index (χ3v) is 3.91. The van der Waals surface area contributed by atoms with Gasteiger partial charge in [0.1, 0.15) is 18.8 Å². The Morgan fingerprint density at radius 3 is 2.07 bits per heavy atom. The molecule has 0 bridgehead atoms. The van der Waals surface area contributed by atoms with Gasteiger partial charge in [-0.05, 0) is 11.1 Å². The van der Waals surface area contributed by atoms with Crippen molar-refractivity contribution in [3.8, 4) is 0 Å². The summed E-state index contributed by atoms with van der Waals surface area (Å²) in [5.74, 6) is -0.864. The highest BCUT2D eigenvalue weighted by Gasteiger charge is 2.18. The van der Waals surface area contributed by atoms with E-state index in [0.717, 1.165) is 11.1 Å². The van der Waals surface area contributed by atoms with Crippen molar-refractivity contribution in [2.24, 2.45) is 0 Å². The van der Waals surface area contributed by atoms with Crippen molar-refractivity contribution < 1.29 is 23.9 Å². The van der Waals surface area contributed by atoms with E-state index in [4.69, 9.17) is 4.74 Å². The van der Waals surface area contributed by atoms with Crippen molar-refractivity contribution in [1.82, 2.24) is 4.90 Å². The fourth-order valence-electron chi connectivity index (χ4n) is 2.43. The highest BCUT2D eigenvalue weighted by atomic mass is 16.6. The zero-order valence-corrected chi connectivity index (χ0v) is 15.3. The van der Waals surface area contributed by atoms with Gasteiger partial charge in [0.2, 0.25) is 0 Å². The molecule has 6 heteroatoms. The maximum Gasteiger partial charge on any atom is 0.410 e. The molecule has 0 spiro atoms. The van der Waals surface area contributed by atoms with E-state index < -0.39 is 12.1 Å². The summed E-state index contributed by atoms with van der Waals surface area (Å²) < 4.78 is 9.87. The number of ether oxygens (including phenoxy) is 2. The molecule has 0 N–H and O–H groups in total. The summed E-state index contributed by atoms with van der Waals surface area (Å²) in [7, 11) is 1.23. The van der Waals surface area contributed by atoms with Crippen molar-refractivity contribution in [2.75, 3.05) is 13.7 Å². The molecule has 1 amide bonds. The van der Waals surface area contributed by atoms with Gasteiger partial charge in [-0.1, -0.05) is 60.7 Å². The first-order chi connectivity index (χ1) is 13.1. The Morgan fingerprint density at radius 2 is 1.48 bits per heavy atom. The molecular weight excluding hydrogens is 346 g/mol. The number of esters is 1. The fraction of sp³-hybridized carbons (Fsp3) is 0.286. The number of carbonyl (C=O) groups excluding carboxylic acids is 3. The average Bonchev–Trinajstić information content (AvgIpc) is 2.70. The van der Waals surface area contributed by atoms with Crippen LogP contribution in [-0.2, 0) is 32.2 Å². The molecule has 2 aromatic rings. The van der Waals surface area contributed by atoms with Crippen LogP contribution in [0.25, 0.3) is 0 Å². The number of ketones is 1. The lowest BCUT2D eigenvalue weighted by atomic mass is 10.2. The first-order valence-corrected chi connectivity index (χ1v) is 8.66. The van der Waals surface area contributed by atoms with Crippen LogP contribution in [-0.4, -0.2) is 36.4 Å². The molecule has 0 aliphatic carbocycles. The number of methoxy groups -OCH3 is 1. The molecule has 0 unspecified atom stereocenters. The normalized spacial score (nSPS) is 10.1. The lowest BCUT2D eigenvalue weighted by Crippen LogP contribution is -2.33. The van der Waals surface area contributed by atoms with Crippen LogP contribution in [0.1, 0.15) is 24.0 Å². The lowest BCUT2D eigenvalue weighted by molar-refractivity contribution is -0.143. The van der Waals surface area contributed by atoms with E-state index in [-0.39, 0.29) is 31.8 Å². The summed E-state index contributed by atoms with van der Waals surface area (Å²) in [5.41, 5.74) is 1.81. The third-order valence-electron chi connectivity index (χ3n) is 3.91. The van der Waals surface area contributed by atoms with E-state index in [1.165, 1.54) is 12.0 Å². The minimum absolute atomic E-state index is 0.0579. The summed E-state index contributed by atoms with van der Waals surface area (Å²) in [6.45, 7) is 0.638. The number of carbonyl (C=O) groups is 3. The molecule has 27 heavy (non-hydrogen) atoms. The molecular formula is C21H23NO5. The van der Waals surface area contributed by atoms with Gasteiger partial charge in [-0.25, -0.2) is 4.79 Å². The van der Waals surface area contributed by atoms with Crippen LogP contribution in [0.2, 0.25) is 0 Å². The number of nitrogens with zero attached hydrogens (tertiary/aromatic N) is 1. The van der Waals surface area contributed by atoms with Crippen molar-refractivity contribution in [1.29, 1.82) is 0 Å². The number of benzene rings is 2. The summed E-state index contributed by atoms with van der Waals surface area (Å²) in [6.07, 6.45) is -0.745. The second-order valence-corrected chi connectivity index (χ2v) is 5.99. The van der Waals surface area contributed by atoms with Gasteiger partial charge in [0.25, 0.3) is 0 Å². The first kappa shape index (κ1) is 20.2. The topological polar surface area (TPSA) is 72.9 Å². The molecule has 6 nitrogen and oxygen atoms in total. The number of hydrogen-bond donors (Lipinski definition) is 0. The fourth-order valence-corrected chi connectivity index (χ4v) is 2.43. The number of hydrogen-bond acceptors (Lipinski definition) is 5. The van der Waals surface area contributed by atoms with E-state index >= 15 is 0 Å². The molecule has 0 atom stereocenters. The molecule has 0 saturated carbocycles. The second-order valence-electron chi connectivity index (χ2n) is 5.99. The summed E-state index contributed by atoms with van der Waals surface area (Å²) in [5, 5.41) is 0. The van der Waals surface area contributed by atoms with Crippen LogP contribution in [0, 0.1) is 0 Å². The Bertz CT molecular complexity index is 746. The largest absolute Gasteiger partial charge is 0.469 e. The molecule has 0 heterocycles. The second kappa shape index (κ2) is 10.8. The molecule has 2 rings (SSSR count). The van der Waals surface area contributed by atoms with Crippen molar-refractivity contribution >= 4 is 17.8 Å². The van der Waals surface area contributed by atoms with Crippen LogP contribution in [0.5, 0.6) is 0 Å². The quantitative estimate of drug-likeness (QED) is 0.501. The molecule has 0 saturated heterocycles. The Labute approximate surface area is 158 Å². The van der Waals surface area contributed by atoms with Crippen molar-refractivity contribution in [3.05, 3.63) is 71.8 Å². The maximum atomic E-state index is 12.5. The molecule has 0 radical (unpaired) electrons. The molecule has 0 aromatic heterocycles. The van der Waals surface area contributed by atoms with Gasteiger partial charge in [0, 0.05) is 19.5 Å². The summed E-state index contributed by atoms with van der Waals surface area (Å²) in [6, 6.07) is 18.8. The molecule has 142 valence electrons. The van der Waals surface area contributed by atoms with Gasteiger partial charge in [0.15, 0.2) is 0 Å². The van der Waals surface area contributed by atoms with E-state index in [9.17, 15) is 14.4 Å². The minimum atomic E-state index is -0.582. The van der Waals surface area contributed by atoms with Crippen LogP contribution >= 0.6 is 0 Å². The van der Waals surface area contributed by atoms with Gasteiger partial charge < -0.3 is 14.4 Å². The van der Waals surface area contributed by atoms with Gasteiger partial charge >= 0.3 is 12.1 Å². The van der Waals surface area contributed by atoms with Gasteiger partial charge in [-0.3, -0.25) is 9.59 Å². The van der Waals surface area contributed by atoms with Crippen molar-refractivity contribution in [3.63, 3.8) is 0 Å². The van der Waals surface area contributed by atoms with E-state index in [0.29, 0.717) is 6.54 Å². The third kappa shape index (κ3) is 7.32. The van der Waals surface area contributed by atoms with Crippen LogP contribution in [0.15, 0.2) is 60.7 Å². The van der Waals surface area contributed by atoms with Gasteiger partial charge in [-0.2, -0.15) is 0 Å². The molecule has 2 aromatic carbocycles. The minimum Gasteiger partial charge on any atom is -0.469 e. The predicted octanol–water partition coefficient (Wildman–Crippen LogP) is 3.35. The predicted molar refractivity (Wildman–Crippen MR) is 99.7 cm³/mol. The van der Waals surface area contributed by atoms with Gasteiger partial charge in [0.05, 0.1) is 7.11 Å². The lowest BCUT2D eigenvalue weighted by Gasteiger charge is -2.22. The standard InChI is InChI=1S/C21H23NO5/c1-26-20(24)14-19(23)12-13-22(15-17-8-4-2-5-9-17)21(25)27-16-18-10-6-3-7-11-18/h2-11H,12-16H2,1H3. The number of rotatable bonds is 9. The Kier molecular flexibility index (Phi) is 8.03. The molecule has 0 aliphatic rings. The van der Waals surface area contributed by atoms with Gasteiger partial charge in [-0.15, -0.1) is 0 Å². The summed E-state index contributed by atoms with van der Waals surface area (Å²) >= 11 is 0. The van der Waals surface area contributed by atoms with E-state index in [1.54, 1.807) is 0 Å². The highest BCUT2D eigenvalue weighted by molar-refractivity contribution is 5.95. The maximum absolute atomic E-state index is 12.5.